The van der Waals surface area contributed by atoms with E-state index in [9.17, 15) is 0 Å². The van der Waals surface area contributed by atoms with Crippen LogP contribution >= 0.6 is 0 Å². The van der Waals surface area contributed by atoms with Crippen molar-refractivity contribution in [2.75, 3.05) is 27.3 Å². The number of aromatic nitrogens is 1. The molecule has 6 nitrogen and oxygen atoms in total. The SMILES string of the molecule is CN=C(NCc1ncc(C)c(OC)c1C)NCC(C)COCc1ccccc1. The van der Waals surface area contributed by atoms with Gasteiger partial charge in [0.05, 0.1) is 32.6 Å². The van der Waals surface area contributed by atoms with E-state index in [1.54, 1.807) is 14.2 Å². The second kappa shape index (κ2) is 11.3. The van der Waals surface area contributed by atoms with Gasteiger partial charge in [-0.15, -0.1) is 0 Å². The third-order valence-corrected chi connectivity index (χ3v) is 4.53. The predicted octanol–water partition coefficient (Wildman–Crippen LogP) is 3.22. The van der Waals surface area contributed by atoms with E-state index in [0.717, 1.165) is 35.1 Å². The Kier molecular flexibility index (Phi) is 8.75. The zero-order valence-electron chi connectivity index (χ0n) is 17.6. The van der Waals surface area contributed by atoms with Crippen LogP contribution in [0.15, 0.2) is 41.5 Å². The Balaban J connectivity index is 1.75. The fourth-order valence-electron chi connectivity index (χ4n) is 2.92. The van der Waals surface area contributed by atoms with Crippen molar-refractivity contribution in [3.05, 3.63) is 58.9 Å². The highest BCUT2D eigenvalue weighted by atomic mass is 16.5. The summed E-state index contributed by atoms with van der Waals surface area (Å²) in [5.74, 6) is 2.00. The van der Waals surface area contributed by atoms with Crippen LogP contribution in [0, 0.1) is 19.8 Å². The monoisotopic (exact) mass is 384 g/mol. The molecule has 2 N–H and O–H groups in total. The molecule has 0 radical (unpaired) electrons. The first-order valence-electron chi connectivity index (χ1n) is 9.60. The van der Waals surface area contributed by atoms with E-state index in [4.69, 9.17) is 9.47 Å². The number of benzene rings is 1. The number of pyridine rings is 1. The number of nitrogens with one attached hydrogen (secondary N) is 2. The number of aliphatic imine (C=N–C) groups is 1. The van der Waals surface area contributed by atoms with Crippen molar-refractivity contribution in [2.45, 2.75) is 33.9 Å². The first-order valence-corrected chi connectivity index (χ1v) is 9.60. The van der Waals surface area contributed by atoms with Crippen LogP contribution in [-0.2, 0) is 17.9 Å². The number of ether oxygens (including phenoxy) is 2. The molecule has 0 aliphatic rings. The van der Waals surface area contributed by atoms with Crippen molar-refractivity contribution >= 4 is 5.96 Å². The molecule has 0 bridgehead atoms. The van der Waals surface area contributed by atoms with Crippen molar-refractivity contribution in [1.82, 2.24) is 15.6 Å². The topological polar surface area (TPSA) is 67.8 Å². The number of hydrogen-bond acceptors (Lipinski definition) is 4. The first-order chi connectivity index (χ1) is 13.5. The lowest BCUT2D eigenvalue weighted by Gasteiger charge is -2.17. The number of methoxy groups -OCH3 is 1. The zero-order chi connectivity index (χ0) is 20.4. The van der Waals surface area contributed by atoms with E-state index in [-0.39, 0.29) is 0 Å². The van der Waals surface area contributed by atoms with E-state index in [1.165, 1.54) is 5.56 Å². The fourth-order valence-corrected chi connectivity index (χ4v) is 2.92. The van der Waals surface area contributed by atoms with Crippen LogP contribution in [0.25, 0.3) is 0 Å². The van der Waals surface area contributed by atoms with Gasteiger partial charge < -0.3 is 20.1 Å². The lowest BCUT2D eigenvalue weighted by atomic mass is 10.1. The molecule has 2 rings (SSSR count). The van der Waals surface area contributed by atoms with Gasteiger partial charge in [0.2, 0.25) is 0 Å². The number of aryl methyl sites for hydroxylation is 1. The van der Waals surface area contributed by atoms with Gasteiger partial charge in [-0.3, -0.25) is 9.98 Å². The summed E-state index contributed by atoms with van der Waals surface area (Å²) in [6.45, 7) is 8.87. The molecule has 2 aromatic rings. The van der Waals surface area contributed by atoms with Crippen LogP contribution < -0.4 is 15.4 Å². The Bertz CT molecular complexity index is 763. The van der Waals surface area contributed by atoms with Gasteiger partial charge in [0.25, 0.3) is 0 Å². The summed E-state index contributed by atoms with van der Waals surface area (Å²) < 4.78 is 11.3. The van der Waals surface area contributed by atoms with Crippen molar-refractivity contribution in [3.8, 4) is 5.75 Å². The van der Waals surface area contributed by atoms with E-state index >= 15 is 0 Å². The fraction of sp³-hybridized carbons (Fsp3) is 0.455. The van der Waals surface area contributed by atoms with Gasteiger partial charge in [0.15, 0.2) is 5.96 Å². The molecule has 1 heterocycles. The summed E-state index contributed by atoms with van der Waals surface area (Å²) in [5.41, 5.74) is 4.23. The maximum Gasteiger partial charge on any atom is 0.191 e. The maximum absolute atomic E-state index is 5.80. The van der Waals surface area contributed by atoms with Crippen LogP contribution in [0.4, 0.5) is 0 Å². The van der Waals surface area contributed by atoms with Crippen molar-refractivity contribution in [1.29, 1.82) is 0 Å². The molecule has 1 unspecified atom stereocenters. The largest absolute Gasteiger partial charge is 0.496 e. The van der Waals surface area contributed by atoms with E-state index in [2.05, 4.69) is 39.7 Å². The van der Waals surface area contributed by atoms with Gasteiger partial charge in [-0.25, -0.2) is 0 Å². The Morgan fingerprint density at radius 1 is 1.18 bits per heavy atom. The van der Waals surface area contributed by atoms with Crippen LogP contribution in [-0.4, -0.2) is 38.3 Å². The average molecular weight is 385 g/mol. The first kappa shape index (κ1) is 21.7. The second-order valence-corrected chi connectivity index (χ2v) is 6.96. The van der Waals surface area contributed by atoms with Gasteiger partial charge in [-0.05, 0) is 25.3 Å². The Hall–Kier alpha value is -2.60. The average Bonchev–Trinajstić information content (AvgIpc) is 2.70. The third-order valence-electron chi connectivity index (χ3n) is 4.53. The van der Waals surface area contributed by atoms with E-state index in [0.29, 0.717) is 25.7 Å². The quantitative estimate of drug-likeness (QED) is 0.513. The molecule has 0 fully saturated rings. The third kappa shape index (κ3) is 6.53. The molecule has 1 aromatic heterocycles. The summed E-state index contributed by atoms with van der Waals surface area (Å²) >= 11 is 0. The molecule has 1 aromatic carbocycles. The number of hydrogen-bond donors (Lipinski definition) is 2. The van der Waals surface area contributed by atoms with Crippen LogP contribution in [0.5, 0.6) is 5.75 Å². The number of nitrogens with zero attached hydrogens (tertiary/aromatic N) is 2. The van der Waals surface area contributed by atoms with Gasteiger partial charge in [0, 0.05) is 30.9 Å². The van der Waals surface area contributed by atoms with Gasteiger partial charge in [-0.1, -0.05) is 37.3 Å². The lowest BCUT2D eigenvalue weighted by Crippen LogP contribution is -2.40. The predicted molar refractivity (Wildman–Crippen MR) is 114 cm³/mol. The summed E-state index contributed by atoms with van der Waals surface area (Å²) in [6.07, 6.45) is 1.84. The van der Waals surface area contributed by atoms with E-state index in [1.807, 2.05) is 38.2 Å². The van der Waals surface area contributed by atoms with Crippen LogP contribution in [0.3, 0.4) is 0 Å². The molecule has 0 aliphatic carbocycles. The molecule has 0 saturated heterocycles. The molecule has 0 spiro atoms. The van der Waals surface area contributed by atoms with Crippen molar-refractivity contribution < 1.29 is 9.47 Å². The molecule has 0 amide bonds. The smallest absolute Gasteiger partial charge is 0.191 e. The molecule has 0 aliphatic heterocycles. The maximum atomic E-state index is 5.80. The van der Waals surface area contributed by atoms with Crippen molar-refractivity contribution in [3.63, 3.8) is 0 Å². The minimum Gasteiger partial charge on any atom is -0.496 e. The standard InChI is InChI=1S/C22H32N4O2/c1-16(14-28-15-19-9-7-6-8-10-19)11-25-22(23-4)26-13-20-18(3)21(27-5)17(2)12-24-20/h6-10,12,16H,11,13-15H2,1-5H3,(H2,23,25,26). The highest BCUT2D eigenvalue weighted by Crippen LogP contribution is 2.23. The molecule has 6 heteroatoms. The molecular formula is C22H32N4O2. The highest BCUT2D eigenvalue weighted by molar-refractivity contribution is 5.79. The number of guanidine groups is 1. The lowest BCUT2D eigenvalue weighted by molar-refractivity contribution is 0.0931. The Morgan fingerprint density at radius 3 is 2.61 bits per heavy atom. The van der Waals surface area contributed by atoms with Crippen LogP contribution in [0.2, 0.25) is 0 Å². The normalized spacial score (nSPS) is 12.5. The van der Waals surface area contributed by atoms with Crippen molar-refractivity contribution in [2.24, 2.45) is 10.9 Å². The summed E-state index contributed by atoms with van der Waals surface area (Å²) in [5, 5.41) is 6.66. The molecule has 1 atom stereocenters. The summed E-state index contributed by atoms with van der Waals surface area (Å²) in [7, 11) is 3.45. The molecule has 0 saturated carbocycles. The minimum atomic E-state index is 0.363. The minimum absolute atomic E-state index is 0.363. The molecule has 152 valence electrons. The Morgan fingerprint density at radius 2 is 1.93 bits per heavy atom. The summed E-state index contributed by atoms with van der Waals surface area (Å²) in [6, 6.07) is 10.2. The Labute approximate surface area is 168 Å². The number of rotatable bonds is 9. The zero-order valence-corrected chi connectivity index (χ0v) is 17.6. The van der Waals surface area contributed by atoms with Gasteiger partial charge >= 0.3 is 0 Å². The van der Waals surface area contributed by atoms with Crippen LogP contribution in [0.1, 0.15) is 29.3 Å². The highest BCUT2D eigenvalue weighted by Gasteiger charge is 2.10. The second-order valence-electron chi connectivity index (χ2n) is 6.96. The molecular weight excluding hydrogens is 352 g/mol. The van der Waals surface area contributed by atoms with Gasteiger partial charge in [-0.2, -0.15) is 0 Å². The summed E-state index contributed by atoms with van der Waals surface area (Å²) in [4.78, 5) is 8.80. The van der Waals surface area contributed by atoms with Gasteiger partial charge in [0.1, 0.15) is 5.75 Å². The van der Waals surface area contributed by atoms with E-state index < -0.39 is 0 Å². The molecule has 28 heavy (non-hydrogen) atoms.